The lowest BCUT2D eigenvalue weighted by molar-refractivity contribution is -0.113. The maximum Gasteiger partial charge on any atom is 0.272 e. The number of carbonyl (C=O) groups is 3. The molecule has 0 saturated heterocycles. The van der Waals surface area contributed by atoms with Crippen LogP contribution in [0.2, 0.25) is 0 Å². The van der Waals surface area contributed by atoms with Crippen LogP contribution in [-0.4, -0.2) is 38.9 Å². The number of ether oxygens (including phenoxy) is 3. The number of rotatable bonds is 11. The smallest absolute Gasteiger partial charge is 0.272 e. The number of hydrogen-bond donors (Lipinski definition) is 2. The first-order valence-corrected chi connectivity index (χ1v) is 13.0. The molecular weight excluding hydrogens is 532 g/mol. The predicted molar refractivity (Wildman–Crippen MR) is 163 cm³/mol. The van der Waals surface area contributed by atoms with Gasteiger partial charge in [-0.2, -0.15) is 0 Å². The van der Waals surface area contributed by atoms with Gasteiger partial charge in [0.1, 0.15) is 11.4 Å². The third-order valence-corrected chi connectivity index (χ3v) is 6.23. The van der Waals surface area contributed by atoms with Gasteiger partial charge in [0.25, 0.3) is 11.8 Å². The summed E-state index contributed by atoms with van der Waals surface area (Å²) >= 11 is 0. The Bertz CT molecular complexity index is 1630. The summed E-state index contributed by atoms with van der Waals surface area (Å²) in [6.07, 6.45) is 4.70. The fraction of sp³-hybridized carbons (Fsp3) is 0.0882. The van der Waals surface area contributed by atoms with Gasteiger partial charge in [-0.15, -0.1) is 0 Å². The predicted octanol–water partition coefficient (Wildman–Crippen LogP) is 6.02. The quantitative estimate of drug-likeness (QED) is 0.171. The second-order valence-electron chi connectivity index (χ2n) is 8.96. The van der Waals surface area contributed by atoms with Crippen LogP contribution in [0.15, 0.2) is 109 Å². The zero-order valence-electron chi connectivity index (χ0n) is 23.4. The Morgan fingerprint density at radius 3 is 2.02 bits per heavy atom. The first kappa shape index (κ1) is 29.4. The van der Waals surface area contributed by atoms with Gasteiger partial charge in [0.15, 0.2) is 17.3 Å². The van der Waals surface area contributed by atoms with Gasteiger partial charge in [-0.1, -0.05) is 42.5 Å². The van der Waals surface area contributed by atoms with E-state index in [0.29, 0.717) is 39.6 Å². The molecule has 0 atom stereocenters. The average Bonchev–Trinajstić information content (AvgIpc) is 3.04. The van der Waals surface area contributed by atoms with Crippen LogP contribution >= 0.6 is 0 Å². The van der Waals surface area contributed by atoms with E-state index in [1.165, 1.54) is 20.3 Å². The molecule has 0 aliphatic carbocycles. The molecule has 0 aliphatic rings. The summed E-state index contributed by atoms with van der Waals surface area (Å²) in [5.41, 5.74) is 2.68. The molecule has 42 heavy (non-hydrogen) atoms. The lowest BCUT2D eigenvalue weighted by Crippen LogP contribution is -2.30. The van der Waals surface area contributed by atoms with E-state index in [2.05, 4.69) is 10.6 Å². The van der Waals surface area contributed by atoms with Gasteiger partial charge in [-0.05, 0) is 78.4 Å². The fourth-order valence-electron chi connectivity index (χ4n) is 4.03. The van der Waals surface area contributed by atoms with Gasteiger partial charge < -0.3 is 24.8 Å². The number of methoxy groups -OCH3 is 3. The largest absolute Gasteiger partial charge is 0.496 e. The molecule has 8 heteroatoms. The molecule has 212 valence electrons. The van der Waals surface area contributed by atoms with Crippen molar-refractivity contribution < 1.29 is 28.6 Å². The van der Waals surface area contributed by atoms with Crippen molar-refractivity contribution in [1.29, 1.82) is 0 Å². The minimum atomic E-state index is -0.552. The van der Waals surface area contributed by atoms with E-state index in [9.17, 15) is 14.4 Å². The van der Waals surface area contributed by atoms with Crippen LogP contribution in [0.3, 0.4) is 0 Å². The third kappa shape index (κ3) is 7.51. The third-order valence-electron chi connectivity index (χ3n) is 6.23. The van der Waals surface area contributed by atoms with Crippen molar-refractivity contribution in [3.63, 3.8) is 0 Å². The summed E-state index contributed by atoms with van der Waals surface area (Å²) in [4.78, 5) is 39.0. The van der Waals surface area contributed by atoms with E-state index >= 15 is 0 Å². The molecule has 2 amide bonds. The van der Waals surface area contributed by atoms with E-state index in [1.807, 2.05) is 24.3 Å². The monoisotopic (exact) mass is 562 g/mol. The molecule has 0 heterocycles. The number of hydrogen-bond acceptors (Lipinski definition) is 6. The number of para-hydroxylation sites is 1. The Morgan fingerprint density at radius 1 is 0.667 bits per heavy atom. The topological polar surface area (TPSA) is 103 Å². The minimum Gasteiger partial charge on any atom is -0.496 e. The van der Waals surface area contributed by atoms with Crippen LogP contribution in [-0.2, 0) is 4.79 Å². The summed E-state index contributed by atoms with van der Waals surface area (Å²) < 4.78 is 16.0. The van der Waals surface area contributed by atoms with Crippen LogP contribution in [0, 0.1) is 0 Å². The maximum absolute atomic E-state index is 13.4. The highest BCUT2D eigenvalue weighted by atomic mass is 16.5. The zero-order chi connectivity index (χ0) is 29.9. The molecule has 2 N–H and O–H groups in total. The van der Waals surface area contributed by atoms with E-state index in [0.717, 1.165) is 5.56 Å². The molecule has 0 aliphatic heterocycles. The highest BCUT2D eigenvalue weighted by molar-refractivity contribution is 6.11. The SMILES string of the molecule is COc1ccccc1/C=C/C(=O)c1ccc(NC(=O)/C(=C/c2ccc(OC)c(OC)c2)NC(=O)c2ccccc2)cc1. The minimum absolute atomic E-state index is 0.0102. The normalized spacial score (nSPS) is 11.1. The molecule has 0 bridgehead atoms. The van der Waals surface area contributed by atoms with E-state index in [1.54, 1.807) is 92.1 Å². The lowest BCUT2D eigenvalue weighted by Gasteiger charge is -2.13. The highest BCUT2D eigenvalue weighted by Crippen LogP contribution is 2.28. The summed E-state index contributed by atoms with van der Waals surface area (Å²) in [6, 6.07) is 27.6. The number of anilines is 1. The molecule has 0 aromatic heterocycles. The number of amides is 2. The standard InChI is InChI=1S/C34H30N2O6/c1-40-30-12-8-7-9-25(30)16-19-29(37)24-14-17-27(18-15-24)35-34(39)28(36-33(38)26-10-5-4-6-11-26)21-23-13-20-31(41-2)32(22-23)42-3/h4-22H,1-3H3,(H,35,39)(H,36,38)/b19-16+,28-21-. The molecule has 4 rings (SSSR count). The van der Waals surface area contributed by atoms with Gasteiger partial charge in [0.2, 0.25) is 0 Å². The van der Waals surface area contributed by atoms with Gasteiger partial charge in [-0.25, -0.2) is 0 Å². The number of benzene rings is 4. The van der Waals surface area contributed by atoms with Crippen molar-refractivity contribution in [2.24, 2.45) is 0 Å². The Balaban J connectivity index is 1.53. The molecule has 4 aromatic rings. The average molecular weight is 563 g/mol. The van der Waals surface area contributed by atoms with Crippen molar-refractivity contribution in [3.8, 4) is 17.2 Å². The molecular formula is C34H30N2O6. The van der Waals surface area contributed by atoms with E-state index in [4.69, 9.17) is 14.2 Å². The van der Waals surface area contributed by atoms with Crippen molar-refractivity contribution in [2.45, 2.75) is 0 Å². The molecule has 0 spiro atoms. The van der Waals surface area contributed by atoms with Crippen LogP contribution in [0.1, 0.15) is 31.8 Å². The van der Waals surface area contributed by atoms with Crippen LogP contribution in [0.4, 0.5) is 5.69 Å². The fourth-order valence-corrected chi connectivity index (χ4v) is 4.03. The van der Waals surface area contributed by atoms with Crippen LogP contribution in [0.25, 0.3) is 12.2 Å². The van der Waals surface area contributed by atoms with E-state index in [-0.39, 0.29) is 11.5 Å². The Hall–Kier alpha value is -5.63. The first-order chi connectivity index (χ1) is 20.4. The van der Waals surface area contributed by atoms with Crippen molar-refractivity contribution in [2.75, 3.05) is 26.6 Å². The van der Waals surface area contributed by atoms with Crippen molar-refractivity contribution in [3.05, 3.63) is 131 Å². The summed E-state index contributed by atoms with van der Waals surface area (Å²) in [7, 11) is 4.61. The van der Waals surface area contributed by atoms with Crippen LogP contribution < -0.4 is 24.8 Å². The molecule has 4 aromatic carbocycles. The lowest BCUT2D eigenvalue weighted by atomic mass is 10.1. The zero-order valence-corrected chi connectivity index (χ0v) is 23.4. The molecule has 8 nitrogen and oxygen atoms in total. The van der Waals surface area contributed by atoms with Crippen molar-refractivity contribution >= 4 is 35.4 Å². The van der Waals surface area contributed by atoms with Gasteiger partial charge in [0, 0.05) is 22.4 Å². The van der Waals surface area contributed by atoms with Gasteiger partial charge in [0.05, 0.1) is 21.3 Å². The Morgan fingerprint density at radius 2 is 1.33 bits per heavy atom. The summed E-state index contributed by atoms with van der Waals surface area (Å²) in [5, 5.41) is 5.49. The second-order valence-corrected chi connectivity index (χ2v) is 8.96. The summed E-state index contributed by atoms with van der Waals surface area (Å²) in [6.45, 7) is 0. The number of carbonyl (C=O) groups excluding carboxylic acids is 3. The molecule has 0 radical (unpaired) electrons. The highest BCUT2D eigenvalue weighted by Gasteiger charge is 2.16. The number of nitrogens with one attached hydrogen (secondary N) is 2. The second kappa shape index (κ2) is 14.1. The van der Waals surface area contributed by atoms with Gasteiger partial charge >= 0.3 is 0 Å². The molecule has 0 fully saturated rings. The van der Waals surface area contributed by atoms with Crippen LogP contribution in [0.5, 0.6) is 17.2 Å². The summed E-state index contributed by atoms with van der Waals surface area (Å²) in [5.74, 6) is 0.463. The van der Waals surface area contributed by atoms with Gasteiger partial charge in [-0.3, -0.25) is 14.4 Å². The van der Waals surface area contributed by atoms with E-state index < -0.39 is 11.8 Å². The van der Waals surface area contributed by atoms with Crippen molar-refractivity contribution in [1.82, 2.24) is 5.32 Å². The maximum atomic E-state index is 13.4. The molecule has 0 saturated carbocycles. The Labute approximate surface area is 244 Å². The molecule has 0 unspecified atom stereocenters. The number of ketones is 1. The first-order valence-electron chi connectivity index (χ1n) is 13.0. The Kier molecular flexibility index (Phi) is 9.88. The number of allylic oxidation sites excluding steroid dienone is 1.